The first-order chi connectivity index (χ1) is 13.6. The molecule has 4 rings (SSSR count). The molecule has 7 nitrogen and oxygen atoms in total. The van der Waals surface area contributed by atoms with Crippen molar-refractivity contribution in [2.75, 3.05) is 26.2 Å². The molecular weight excluding hydrogens is 383 g/mol. The molecule has 0 aliphatic carbocycles. The Hall–Kier alpha value is -3.07. The highest BCUT2D eigenvalue weighted by atomic mass is 32.1. The van der Waals surface area contributed by atoms with Gasteiger partial charge in [0.25, 0.3) is 17.4 Å². The van der Waals surface area contributed by atoms with Gasteiger partial charge in [0.1, 0.15) is 11.4 Å². The second kappa shape index (κ2) is 7.51. The summed E-state index contributed by atoms with van der Waals surface area (Å²) in [6.07, 6.45) is 3.44. The summed E-state index contributed by atoms with van der Waals surface area (Å²) in [5, 5.41) is 1.73. The Bertz CT molecular complexity index is 1110. The lowest BCUT2D eigenvalue weighted by Gasteiger charge is -2.22. The summed E-state index contributed by atoms with van der Waals surface area (Å²) in [6, 6.07) is 5.85. The number of rotatable bonds is 2. The molecule has 0 unspecified atom stereocenters. The molecule has 3 aromatic rings. The first-order valence-corrected chi connectivity index (χ1v) is 9.72. The van der Waals surface area contributed by atoms with Crippen LogP contribution in [0.15, 0.2) is 46.8 Å². The molecular formula is C19H17FN4O3S. The third-order valence-electron chi connectivity index (χ3n) is 4.75. The van der Waals surface area contributed by atoms with Crippen LogP contribution in [0, 0.1) is 5.82 Å². The van der Waals surface area contributed by atoms with Gasteiger partial charge in [-0.2, -0.15) is 0 Å². The van der Waals surface area contributed by atoms with Crippen LogP contribution in [0.2, 0.25) is 0 Å². The molecule has 1 fully saturated rings. The van der Waals surface area contributed by atoms with E-state index in [0.717, 1.165) is 0 Å². The summed E-state index contributed by atoms with van der Waals surface area (Å²) in [5.74, 6) is -1.36. The number of fused-ring (bicyclic) bond motifs is 1. The maximum absolute atomic E-state index is 13.9. The van der Waals surface area contributed by atoms with Gasteiger partial charge in [0.2, 0.25) is 0 Å². The van der Waals surface area contributed by atoms with Gasteiger partial charge in [-0.3, -0.25) is 18.8 Å². The molecule has 9 heteroatoms. The van der Waals surface area contributed by atoms with E-state index < -0.39 is 23.2 Å². The second-order valence-corrected chi connectivity index (χ2v) is 7.32. The van der Waals surface area contributed by atoms with Crippen LogP contribution < -0.4 is 5.56 Å². The van der Waals surface area contributed by atoms with E-state index in [1.54, 1.807) is 27.4 Å². The largest absolute Gasteiger partial charge is 0.337 e. The lowest BCUT2D eigenvalue weighted by Crippen LogP contribution is -2.39. The van der Waals surface area contributed by atoms with Crippen LogP contribution in [0.25, 0.3) is 4.96 Å². The van der Waals surface area contributed by atoms with E-state index in [1.807, 2.05) is 0 Å². The van der Waals surface area contributed by atoms with Crippen LogP contribution in [0.1, 0.15) is 27.1 Å². The van der Waals surface area contributed by atoms with E-state index in [-0.39, 0.29) is 24.2 Å². The smallest absolute Gasteiger partial charge is 0.271 e. The zero-order valence-electron chi connectivity index (χ0n) is 14.9. The van der Waals surface area contributed by atoms with Gasteiger partial charge in [-0.25, -0.2) is 9.37 Å². The molecule has 2 aromatic heterocycles. The van der Waals surface area contributed by atoms with Crippen LogP contribution >= 0.6 is 11.3 Å². The Morgan fingerprint density at radius 3 is 2.39 bits per heavy atom. The highest BCUT2D eigenvalue weighted by molar-refractivity contribution is 7.15. The molecule has 1 aliphatic rings. The van der Waals surface area contributed by atoms with Gasteiger partial charge >= 0.3 is 0 Å². The summed E-state index contributed by atoms with van der Waals surface area (Å²) < 4.78 is 15.3. The van der Waals surface area contributed by atoms with E-state index in [0.29, 0.717) is 24.5 Å². The van der Waals surface area contributed by atoms with Crippen molar-refractivity contribution in [3.8, 4) is 0 Å². The number of amides is 2. The molecule has 0 spiro atoms. The molecule has 3 heterocycles. The molecule has 0 saturated carbocycles. The fourth-order valence-electron chi connectivity index (χ4n) is 3.27. The van der Waals surface area contributed by atoms with Crippen molar-refractivity contribution >= 4 is 28.1 Å². The van der Waals surface area contributed by atoms with E-state index in [4.69, 9.17) is 0 Å². The van der Waals surface area contributed by atoms with Gasteiger partial charge in [0.05, 0.1) is 5.56 Å². The van der Waals surface area contributed by atoms with Crippen molar-refractivity contribution < 1.29 is 14.0 Å². The van der Waals surface area contributed by atoms with Crippen molar-refractivity contribution in [2.24, 2.45) is 0 Å². The van der Waals surface area contributed by atoms with Crippen molar-refractivity contribution in [1.82, 2.24) is 19.2 Å². The number of hydrogen-bond acceptors (Lipinski definition) is 5. The Morgan fingerprint density at radius 1 is 1.00 bits per heavy atom. The molecule has 1 aromatic carbocycles. The molecule has 1 saturated heterocycles. The zero-order valence-corrected chi connectivity index (χ0v) is 15.7. The summed E-state index contributed by atoms with van der Waals surface area (Å²) in [7, 11) is 0. The van der Waals surface area contributed by atoms with Crippen molar-refractivity contribution in [3.05, 3.63) is 69.3 Å². The monoisotopic (exact) mass is 400 g/mol. The summed E-state index contributed by atoms with van der Waals surface area (Å²) >= 11 is 1.32. The third-order valence-corrected chi connectivity index (χ3v) is 5.52. The minimum absolute atomic E-state index is 0.00443. The first kappa shape index (κ1) is 18.3. The molecule has 28 heavy (non-hydrogen) atoms. The van der Waals surface area contributed by atoms with Crippen LogP contribution in [-0.2, 0) is 0 Å². The standard InChI is InChI=1S/C19H17FN4O3S/c20-15-5-2-1-4-13(15)16(25)22-6-3-7-23(9-8-22)17(26)14-12-21-19-24(18(14)27)10-11-28-19/h1-2,4-5,10-12H,3,6-9H2. The molecule has 0 bridgehead atoms. The van der Waals surface area contributed by atoms with Crippen molar-refractivity contribution in [2.45, 2.75) is 6.42 Å². The van der Waals surface area contributed by atoms with Gasteiger partial charge in [0, 0.05) is 44.0 Å². The predicted molar refractivity (Wildman–Crippen MR) is 102 cm³/mol. The fourth-order valence-corrected chi connectivity index (χ4v) is 3.95. The third kappa shape index (κ3) is 3.29. The minimum atomic E-state index is -0.562. The molecule has 1 aliphatic heterocycles. The molecule has 0 atom stereocenters. The average Bonchev–Trinajstić information content (AvgIpc) is 3.05. The van der Waals surface area contributed by atoms with E-state index >= 15 is 0 Å². The minimum Gasteiger partial charge on any atom is -0.337 e. The summed E-state index contributed by atoms with van der Waals surface area (Å²) in [5.41, 5.74) is -0.378. The topological polar surface area (TPSA) is 75.0 Å². The Labute approximate surface area is 163 Å². The number of nitrogens with zero attached hydrogens (tertiary/aromatic N) is 4. The average molecular weight is 400 g/mol. The second-order valence-electron chi connectivity index (χ2n) is 6.45. The van der Waals surface area contributed by atoms with Crippen molar-refractivity contribution in [3.63, 3.8) is 0 Å². The molecule has 2 amide bonds. The van der Waals surface area contributed by atoms with Crippen LogP contribution in [0.3, 0.4) is 0 Å². The van der Waals surface area contributed by atoms with E-state index in [2.05, 4.69) is 4.98 Å². The molecule has 144 valence electrons. The number of thiazole rings is 1. The van der Waals surface area contributed by atoms with Gasteiger partial charge in [-0.15, -0.1) is 11.3 Å². The molecule has 0 N–H and O–H groups in total. The van der Waals surface area contributed by atoms with E-state index in [9.17, 15) is 18.8 Å². The maximum atomic E-state index is 13.9. The lowest BCUT2D eigenvalue weighted by atomic mass is 10.2. The van der Waals surface area contributed by atoms with Crippen LogP contribution in [-0.4, -0.2) is 57.2 Å². The number of halogens is 1. The zero-order chi connectivity index (χ0) is 19.7. The van der Waals surface area contributed by atoms with Crippen LogP contribution in [0.4, 0.5) is 4.39 Å². The highest BCUT2D eigenvalue weighted by Crippen LogP contribution is 2.14. The van der Waals surface area contributed by atoms with E-state index in [1.165, 1.54) is 40.1 Å². The normalized spacial score (nSPS) is 14.9. The Balaban J connectivity index is 1.51. The summed E-state index contributed by atoms with van der Waals surface area (Å²) in [6.45, 7) is 1.36. The fraction of sp³-hybridized carbons (Fsp3) is 0.263. The SMILES string of the molecule is O=C(c1ccccc1F)N1CCCN(C(=O)c2cnc3sccn3c2=O)CC1. The van der Waals surface area contributed by atoms with Gasteiger partial charge in [-0.1, -0.05) is 12.1 Å². The van der Waals surface area contributed by atoms with Gasteiger partial charge in [0.15, 0.2) is 4.96 Å². The van der Waals surface area contributed by atoms with Gasteiger partial charge < -0.3 is 9.80 Å². The quantitative estimate of drug-likeness (QED) is 0.658. The number of aromatic nitrogens is 2. The van der Waals surface area contributed by atoms with Crippen LogP contribution in [0.5, 0.6) is 0 Å². The number of benzene rings is 1. The maximum Gasteiger partial charge on any atom is 0.271 e. The highest BCUT2D eigenvalue weighted by Gasteiger charge is 2.26. The number of carbonyl (C=O) groups excluding carboxylic acids is 2. The molecule has 0 radical (unpaired) electrons. The summed E-state index contributed by atoms with van der Waals surface area (Å²) in [4.78, 5) is 45.8. The van der Waals surface area contributed by atoms with Gasteiger partial charge in [-0.05, 0) is 18.6 Å². The number of carbonyl (C=O) groups is 2. The Morgan fingerprint density at radius 2 is 1.68 bits per heavy atom. The predicted octanol–water partition coefficient (Wildman–Crippen LogP) is 1.88. The number of hydrogen-bond donors (Lipinski definition) is 0. The lowest BCUT2D eigenvalue weighted by molar-refractivity contribution is 0.0715. The van der Waals surface area contributed by atoms with Crippen molar-refractivity contribution in [1.29, 1.82) is 0 Å². The first-order valence-electron chi connectivity index (χ1n) is 8.84. The Kier molecular flexibility index (Phi) is 4.91.